The van der Waals surface area contributed by atoms with Crippen molar-refractivity contribution in [1.29, 1.82) is 5.26 Å². The lowest BCUT2D eigenvalue weighted by atomic mass is 10.0. The van der Waals surface area contributed by atoms with E-state index in [0.29, 0.717) is 17.0 Å². The highest BCUT2D eigenvalue weighted by Crippen LogP contribution is 2.36. The lowest BCUT2D eigenvalue weighted by molar-refractivity contribution is 0.405. The van der Waals surface area contributed by atoms with Gasteiger partial charge in [0.2, 0.25) is 0 Å². The third-order valence-corrected chi connectivity index (χ3v) is 5.25. The van der Waals surface area contributed by atoms with Gasteiger partial charge in [0.1, 0.15) is 23.4 Å². The van der Waals surface area contributed by atoms with Gasteiger partial charge in [-0.3, -0.25) is 4.40 Å². The normalized spacial score (nSPS) is 10.9. The van der Waals surface area contributed by atoms with Crippen LogP contribution < -0.4 is 14.8 Å². The van der Waals surface area contributed by atoms with E-state index in [9.17, 15) is 5.26 Å². The number of para-hydroxylation sites is 2. The Morgan fingerprint density at radius 1 is 1.14 bits per heavy atom. The molecule has 4 aromatic rings. The van der Waals surface area contributed by atoms with Crippen molar-refractivity contribution in [2.24, 2.45) is 0 Å². The van der Waals surface area contributed by atoms with E-state index in [0.717, 1.165) is 45.8 Å². The summed E-state index contributed by atoms with van der Waals surface area (Å²) in [4.78, 5) is 4.75. The molecule has 0 aliphatic rings. The van der Waals surface area contributed by atoms with E-state index >= 15 is 0 Å². The minimum absolute atomic E-state index is 0.598. The SMILES string of the molecule is CCc1c(C)c(C#N)c2nc3ccccc3n2c1Nc1cc(OC)ccc1OC. The predicted molar refractivity (Wildman–Crippen MR) is 114 cm³/mol. The minimum Gasteiger partial charge on any atom is -0.497 e. The Morgan fingerprint density at radius 3 is 2.62 bits per heavy atom. The average molecular weight is 386 g/mol. The lowest BCUT2D eigenvalue weighted by Gasteiger charge is -2.19. The van der Waals surface area contributed by atoms with Crippen LogP contribution in [0.4, 0.5) is 11.5 Å². The van der Waals surface area contributed by atoms with Gasteiger partial charge in [-0.25, -0.2) is 4.98 Å². The Bertz CT molecular complexity index is 1270. The Labute approximate surface area is 169 Å². The molecule has 6 heteroatoms. The molecule has 0 aliphatic heterocycles. The molecule has 0 spiro atoms. The van der Waals surface area contributed by atoms with Crippen molar-refractivity contribution in [3.63, 3.8) is 0 Å². The van der Waals surface area contributed by atoms with Gasteiger partial charge in [0.05, 0.1) is 36.5 Å². The monoisotopic (exact) mass is 386 g/mol. The molecule has 0 amide bonds. The zero-order valence-electron chi connectivity index (χ0n) is 16.9. The number of rotatable bonds is 5. The molecule has 2 aromatic carbocycles. The Morgan fingerprint density at radius 2 is 1.93 bits per heavy atom. The standard InChI is InChI=1S/C23H22N4O2/c1-5-16-14(2)17(13-24)23-25-18-8-6-7-9-20(18)27(23)22(16)26-19-12-15(28-3)10-11-21(19)29-4/h6-12,26H,5H2,1-4H3. The van der Waals surface area contributed by atoms with Gasteiger partial charge in [-0.15, -0.1) is 0 Å². The molecule has 0 aliphatic carbocycles. The second kappa shape index (κ2) is 7.36. The lowest BCUT2D eigenvalue weighted by Crippen LogP contribution is -2.08. The van der Waals surface area contributed by atoms with Crippen LogP contribution in [0.5, 0.6) is 11.5 Å². The first-order valence-corrected chi connectivity index (χ1v) is 9.44. The van der Waals surface area contributed by atoms with E-state index < -0.39 is 0 Å². The smallest absolute Gasteiger partial charge is 0.157 e. The maximum atomic E-state index is 9.83. The van der Waals surface area contributed by atoms with Crippen LogP contribution in [0.25, 0.3) is 16.7 Å². The van der Waals surface area contributed by atoms with Crippen molar-refractivity contribution in [3.05, 3.63) is 59.2 Å². The molecule has 0 unspecified atom stereocenters. The summed E-state index contributed by atoms with van der Waals surface area (Å²) in [5.41, 5.74) is 5.80. The fourth-order valence-corrected chi connectivity index (χ4v) is 3.79. The number of nitrogens with zero attached hydrogens (tertiary/aromatic N) is 3. The van der Waals surface area contributed by atoms with Crippen LogP contribution in [0.15, 0.2) is 42.5 Å². The van der Waals surface area contributed by atoms with Crippen LogP contribution in [-0.2, 0) is 6.42 Å². The van der Waals surface area contributed by atoms with E-state index in [1.165, 1.54) is 0 Å². The van der Waals surface area contributed by atoms with Gasteiger partial charge in [-0.05, 0) is 48.7 Å². The summed E-state index contributed by atoms with van der Waals surface area (Å²) >= 11 is 0. The number of hydrogen-bond acceptors (Lipinski definition) is 5. The molecule has 2 heterocycles. The van der Waals surface area contributed by atoms with Gasteiger partial charge in [0.15, 0.2) is 5.65 Å². The molecule has 0 atom stereocenters. The molecule has 29 heavy (non-hydrogen) atoms. The molecular weight excluding hydrogens is 364 g/mol. The van der Waals surface area contributed by atoms with Gasteiger partial charge in [0, 0.05) is 6.07 Å². The first-order chi connectivity index (χ1) is 14.1. The Kier molecular flexibility index (Phi) is 4.73. The fourth-order valence-electron chi connectivity index (χ4n) is 3.79. The molecule has 0 saturated carbocycles. The van der Waals surface area contributed by atoms with Crippen LogP contribution in [0, 0.1) is 18.3 Å². The summed E-state index contributed by atoms with van der Waals surface area (Å²) in [5, 5.41) is 13.4. The maximum Gasteiger partial charge on any atom is 0.157 e. The predicted octanol–water partition coefficient (Wildman–Crippen LogP) is 4.99. The zero-order valence-corrected chi connectivity index (χ0v) is 16.9. The second-order valence-electron chi connectivity index (χ2n) is 6.74. The Balaban J connectivity index is 2.08. The highest BCUT2D eigenvalue weighted by atomic mass is 16.5. The highest BCUT2D eigenvalue weighted by molar-refractivity contribution is 5.87. The number of fused-ring (bicyclic) bond motifs is 3. The number of anilines is 2. The van der Waals surface area contributed by atoms with E-state index in [1.54, 1.807) is 14.2 Å². The summed E-state index contributed by atoms with van der Waals surface area (Å²) < 4.78 is 13.0. The number of ether oxygens (including phenoxy) is 2. The number of aromatic nitrogens is 2. The van der Waals surface area contributed by atoms with Gasteiger partial charge >= 0.3 is 0 Å². The summed E-state index contributed by atoms with van der Waals surface area (Å²) in [6.45, 7) is 4.06. The largest absolute Gasteiger partial charge is 0.497 e. The molecule has 0 fully saturated rings. The van der Waals surface area contributed by atoms with Crippen molar-refractivity contribution in [2.75, 3.05) is 19.5 Å². The molecule has 146 valence electrons. The maximum absolute atomic E-state index is 9.83. The van der Waals surface area contributed by atoms with Gasteiger partial charge in [0.25, 0.3) is 0 Å². The van der Waals surface area contributed by atoms with Crippen molar-refractivity contribution >= 4 is 28.2 Å². The number of benzene rings is 2. The molecule has 1 N–H and O–H groups in total. The van der Waals surface area contributed by atoms with Crippen molar-refractivity contribution < 1.29 is 9.47 Å². The first kappa shape index (κ1) is 18.6. The van der Waals surface area contributed by atoms with Gasteiger partial charge in [-0.1, -0.05) is 19.1 Å². The van der Waals surface area contributed by atoms with E-state index in [-0.39, 0.29) is 0 Å². The van der Waals surface area contributed by atoms with Crippen LogP contribution in [0.2, 0.25) is 0 Å². The van der Waals surface area contributed by atoms with Crippen molar-refractivity contribution in [2.45, 2.75) is 20.3 Å². The van der Waals surface area contributed by atoms with Crippen LogP contribution in [-0.4, -0.2) is 23.6 Å². The summed E-state index contributed by atoms with van der Waals surface area (Å²) in [6.07, 6.45) is 0.761. The fraction of sp³-hybridized carbons (Fsp3) is 0.217. The van der Waals surface area contributed by atoms with Crippen LogP contribution in [0.1, 0.15) is 23.6 Å². The minimum atomic E-state index is 0.598. The summed E-state index contributed by atoms with van der Waals surface area (Å²) in [5.74, 6) is 2.30. The van der Waals surface area contributed by atoms with Crippen LogP contribution in [0.3, 0.4) is 0 Å². The van der Waals surface area contributed by atoms with Crippen molar-refractivity contribution in [3.8, 4) is 17.6 Å². The second-order valence-corrected chi connectivity index (χ2v) is 6.74. The van der Waals surface area contributed by atoms with Crippen LogP contribution >= 0.6 is 0 Å². The molecule has 2 aromatic heterocycles. The quantitative estimate of drug-likeness (QED) is 0.523. The van der Waals surface area contributed by atoms with E-state index in [1.807, 2.05) is 53.8 Å². The molecule has 4 rings (SSSR count). The average Bonchev–Trinajstić information content (AvgIpc) is 3.13. The third kappa shape index (κ3) is 2.92. The summed E-state index contributed by atoms with van der Waals surface area (Å²) in [7, 11) is 3.27. The molecule has 6 nitrogen and oxygen atoms in total. The first-order valence-electron chi connectivity index (χ1n) is 9.44. The Hall–Kier alpha value is -3.72. The topological polar surface area (TPSA) is 71.6 Å². The van der Waals surface area contributed by atoms with Gasteiger partial charge < -0.3 is 14.8 Å². The molecular formula is C23H22N4O2. The number of hydrogen-bond donors (Lipinski definition) is 1. The van der Waals surface area contributed by atoms with E-state index in [2.05, 4.69) is 18.3 Å². The number of pyridine rings is 1. The van der Waals surface area contributed by atoms with Crippen molar-refractivity contribution in [1.82, 2.24) is 9.38 Å². The van der Waals surface area contributed by atoms with E-state index in [4.69, 9.17) is 14.5 Å². The number of nitrogens with one attached hydrogen (secondary N) is 1. The molecule has 0 bridgehead atoms. The number of imidazole rings is 1. The van der Waals surface area contributed by atoms with Gasteiger partial charge in [-0.2, -0.15) is 5.26 Å². The zero-order chi connectivity index (χ0) is 20.5. The number of methoxy groups -OCH3 is 2. The highest BCUT2D eigenvalue weighted by Gasteiger charge is 2.21. The number of nitriles is 1. The third-order valence-electron chi connectivity index (χ3n) is 5.25. The summed E-state index contributed by atoms with van der Waals surface area (Å²) in [6, 6.07) is 15.9. The molecule has 0 saturated heterocycles. The molecule has 0 radical (unpaired) electrons.